The maximum absolute atomic E-state index is 10.7. The lowest BCUT2D eigenvalue weighted by Crippen LogP contribution is -2.32. The van der Waals surface area contributed by atoms with Gasteiger partial charge in [-0.2, -0.15) is 0 Å². The topological polar surface area (TPSA) is 81.8 Å². The number of nitrogens with two attached hydrogens (primary N) is 1. The van der Waals surface area contributed by atoms with E-state index >= 15 is 0 Å². The molecule has 0 amide bonds. The minimum absolute atomic E-state index is 0.249. The van der Waals surface area contributed by atoms with Crippen LogP contribution in [0.2, 0.25) is 0 Å². The highest BCUT2D eigenvalue weighted by Gasteiger charge is 2.14. The largest absolute Gasteiger partial charge is 0.491 e. The molecule has 0 aliphatic rings. The van der Waals surface area contributed by atoms with Gasteiger partial charge in [-0.25, -0.2) is 0 Å². The van der Waals surface area contributed by atoms with Crippen LogP contribution >= 0.6 is 0 Å². The quantitative estimate of drug-likeness (QED) is 0.683. The van der Waals surface area contributed by atoms with Crippen molar-refractivity contribution >= 4 is 5.97 Å². The molecule has 0 saturated heterocycles. The normalized spacial score (nSPS) is 12.1. The van der Waals surface area contributed by atoms with Crippen molar-refractivity contribution < 1.29 is 19.4 Å². The molecule has 0 bridgehead atoms. The van der Waals surface area contributed by atoms with Crippen molar-refractivity contribution in [2.24, 2.45) is 5.73 Å². The Morgan fingerprint density at radius 1 is 1.41 bits per heavy atom. The molecule has 0 heterocycles. The third kappa shape index (κ3) is 4.42. The number of hydrogen-bond donors (Lipinski definition) is 2. The first-order valence-corrected chi connectivity index (χ1v) is 5.33. The van der Waals surface area contributed by atoms with Gasteiger partial charge in [-0.05, 0) is 11.6 Å². The molecule has 0 aromatic heterocycles. The minimum Gasteiger partial charge on any atom is -0.491 e. The number of carbonyl (C=O) groups is 1. The third-order valence-electron chi connectivity index (χ3n) is 2.27. The summed E-state index contributed by atoms with van der Waals surface area (Å²) in [6.07, 6.45) is 0.249. The molecule has 0 spiro atoms. The Morgan fingerprint density at radius 2 is 2.12 bits per heavy atom. The van der Waals surface area contributed by atoms with E-state index in [4.69, 9.17) is 20.3 Å². The molecule has 1 aromatic rings. The lowest BCUT2D eigenvalue weighted by Gasteiger charge is -2.12. The number of rotatable bonds is 7. The number of hydrogen-bond acceptors (Lipinski definition) is 4. The monoisotopic (exact) mass is 239 g/mol. The summed E-state index contributed by atoms with van der Waals surface area (Å²) in [7, 11) is 1.59. The van der Waals surface area contributed by atoms with Gasteiger partial charge >= 0.3 is 5.97 Å². The fourth-order valence-electron chi connectivity index (χ4n) is 1.37. The van der Waals surface area contributed by atoms with E-state index in [-0.39, 0.29) is 6.42 Å². The number of methoxy groups -OCH3 is 1. The average molecular weight is 239 g/mol. The van der Waals surface area contributed by atoms with Gasteiger partial charge in [-0.1, -0.05) is 18.2 Å². The van der Waals surface area contributed by atoms with Crippen LogP contribution in [-0.2, 0) is 16.0 Å². The zero-order chi connectivity index (χ0) is 12.7. The van der Waals surface area contributed by atoms with E-state index < -0.39 is 12.0 Å². The molecule has 1 rings (SSSR count). The molecule has 0 saturated carbocycles. The Balaban J connectivity index is 2.66. The van der Waals surface area contributed by atoms with Gasteiger partial charge < -0.3 is 20.3 Å². The number of ether oxygens (including phenoxy) is 2. The van der Waals surface area contributed by atoms with Crippen molar-refractivity contribution in [3.63, 3.8) is 0 Å². The zero-order valence-corrected chi connectivity index (χ0v) is 9.76. The molecule has 5 nitrogen and oxygen atoms in total. The van der Waals surface area contributed by atoms with Gasteiger partial charge in [0, 0.05) is 13.5 Å². The van der Waals surface area contributed by atoms with Crippen molar-refractivity contribution in [1.82, 2.24) is 0 Å². The van der Waals surface area contributed by atoms with Crippen molar-refractivity contribution in [1.29, 1.82) is 0 Å². The molecule has 1 atom stereocenters. The van der Waals surface area contributed by atoms with Gasteiger partial charge in [0.1, 0.15) is 18.4 Å². The fourth-order valence-corrected chi connectivity index (χ4v) is 1.37. The SMILES string of the molecule is COCCOc1ccccc1CC(N)C(=O)O. The number of para-hydroxylation sites is 1. The number of carboxylic acid groups (broad SMARTS) is 1. The van der Waals surface area contributed by atoms with Gasteiger partial charge in [0.25, 0.3) is 0 Å². The van der Waals surface area contributed by atoms with Gasteiger partial charge in [-0.3, -0.25) is 4.79 Å². The standard InChI is InChI=1S/C12H17NO4/c1-16-6-7-17-11-5-3-2-4-9(11)8-10(13)12(14)15/h2-5,10H,6-8,13H2,1H3,(H,14,15). The average Bonchev–Trinajstić information content (AvgIpc) is 2.31. The van der Waals surface area contributed by atoms with Crippen LogP contribution in [0.4, 0.5) is 0 Å². The summed E-state index contributed by atoms with van der Waals surface area (Å²) < 4.78 is 10.4. The van der Waals surface area contributed by atoms with Crippen LogP contribution in [0.5, 0.6) is 5.75 Å². The molecule has 1 unspecified atom stereocenters. The second-order valence-corrected chi connectivity index (χ2v) is 3.60. The minimum atomic E-state index is -1.02. The Kier molecular flexibility index (Phi) is 5.45. The highest BCUT2D eigenvalue weighted by molar-refractivity contribution is 5.73. The first kappa shape index (κ1) is 13.5. The van der Waals surface area contributed by atoms with Crippen LogP contribution in [0.1, 0.15) is 5.56 Å². The van der Waals surface area contributed by atoms with Crippen LogP contribution < -0.4 is 10.5 Å². The summed E-state index contributed by atoms with van der Waals surface area (Å²) in [6, 6.07) is 6.34. The van der Waals surface area contributed by atoms with E-state index in [9.17, 15) is 4.79 Å². The van der Waals surface area contributed by atoms with Crippen LogP contribution in [-0.4, -0.2) is 37.4 Å². The molecular weight excluding hydrogens is 222 g/mol. The molecule has 5 heteroatoms. The summed E-state index contributed by atoms with van der Waals surface area (Å²) in [5.74, 6) is -0.363. The molecule has 94 valence electrons. The van der Waals surface area contributed by atoms with E-state index in [1.54, 1.807) is 13.2 Å². The highest BCUT2D eigenvalue weighted by Crippen LogP contribution is 2.19. The van der Waals surface area contributed by atoms with Crippen molar-refractivity contribution in [3.8, 4) is 5.75 Å². The molecule has 0 radical (unpaired) electrons. The van der Waals surface area contributed by atoms with Gasteiger partial charge in [0.15, 0.2) is 0 Å². The molecule has 0 aliphatic carbocycles. The Hall–Kier alpha value is -1.59. The second kappa shape index (κ2) is 6.88. The molecule has 1 aromatic carbocycles. The zero-order valence-electron chi connectivity index (χ0n) is 9.76. The van der Waals surface area contributed by atoms with E-state index in [2.05, 4.69) is 0 Å². The second-order valence-electron chi connectivity index (χ2n) is 3.60. The van der Waals surface area contributed by atoms with Gasteiger partial charge in [0.2, 0.25) is 0 Å². The van der Waals surface area contributed by atoms with Crippen LogP contribution in [0.15, 0.2) is 24.3 Å². The highest BCUT2D eigenvalue weighted by atomic mass is 16.5. The first-order valence-electron chi connectivity index (χ1n) is 5.33. The van der Waals surface area contributed by atoms with Gasteiger partial charge in [-0.15, -0.1) is 0 Å². The molecule has 17 heavy (non-hydrogen) atoms. The summed E-state index contributed by atoms with van der Waals surface area (Å²) >= 11 is 0. The molecule has 0 aliphatic heterocycles. The van der Waals surface area contributed by atoms with E-state index in [1.807, 2.05) is 18.2 Å². The Bertz CT molecular complexity index is 367. The predicted molar refractivity (Wildman–Crippen MR) is 63.1 cm³/mol. The van der Waals surface area contributed by atoms with Crippen LogP contribution in [0.3, 0.4) is 0 Å². The number of aliphatic carboxylic acids is 1. The fraction of sp³-hybridized carbons (Fsp3) is 0.417. The summed E-state index contributed by atoms with van der Waals surface area (Å²) in [4.78, 5) is 10.7. The predicted octanol–water partition coefficient (Wildman–Crippen LogP) is 0.666. The van der Waals surface area contributed by atoms with Crippen LogP contribution in [0, 0.1) is 0 Å². The molecular formula is C12H17NO4. The maximum Gasteiger partial charge on any atom is 0.320 e. The molecule has 0 fully saturated rings. The first-order chi connectivity index (χ1) is 8.15. The van der Waals surface area contributed by atoms with E-state index in [0.717, 1.165) is 5.56 Å². The smallest absolute Gasteiger partial charge is 0.320 e. The Labute approximate surface area is 100 Å². The van der Waals surface area contributed by atoms with Gasteiger partial charge in [0.05, 0.1) is 6.61 Å². The van der Waals surface area contributed by atoms with Crippen molar-refractivity contribution in [2.45, 2.75) is 12.5 Å². The van der Waals surface area contributed by atoms with E-state index in [1.165, 1.54) is 0 Å². The summed E-state index contributed by atoms with van der Waals surface area (Å²) in [5, 5.41) is 8.76. The Morgan fingerprint density at radius 3 is 2.76 bits per heavy atom. The van der Waals surface area contributed by atoms with Crippen LogP contribution in [0.25, 0.3) is 0 Å². The lowest BCUT2D eigenvalue weighted by atomic mass is 10.1. The van der Waals surface area contributed by atoms with Crippen molar-refractivity contribution in [2.75, 3.05) is 20.3 Å². The lowest BCUT2D eigenvalue weighted by molar-refractivity contribution is -0.138. The molecule has 3 N–H and O–H groups in total. The number of carboxylic acids is 1. The van der Waals surface area contributed by atoms with E-state index in [0.29, 0.717) is 19.0 Å². The maximum atomic E-state index is 10.7. The summed E-state index contributed by atoms with van der Waals surface area (Å²) in [6.45, 7) is 0.912. The summed E-state index contributed by atoms with van der Waals surface area (Å²) in [5.41, 5.74) is 6.28. The number of benzene rings is 1. The third-order valence-corrected chi connectivity index (χ3v) is 2.27. The van der Waals surface area contributed by atoms with Crippen molar-refractivity contribution in [3.05, 3.63) is 29.8 Å².